The zero-order valence-corrected chi connectivity index (χ0v) is 18.4. The van der Waals surface area contributed by atoms with E-state index in [4.69, 9.17) is 0 Å². The van der Waals surface area contributed by atoms with Gasteiger partial charge in [0.05, 0.1) is 18.0 Å². The predicted molar refractivity (Wildman–Crippen MR) is 123 cm³/mol. The number of carbonyl (C=O) groups is 1. The topological polar surface area (TPSA) is 51.0 Å². The van der Waals surface area contributed by atoms with E-state index in [0.717, 1.165) is 54.7 Å². The maximum Gasteiger partial charge on any atom is 0.254 e. The predicted octanol–water partition coefficient (Wildman–Crippen LogP) is 5.44. The Bertz CT molecular complexity index is 1040. The van der Waals surface area contributed by atoms with Gasteiger partial charge in [-0.1, -0.05) is 44.7 Å². The van der Waals surface area contributed by atoms with Crippen LogP contribution in [0, 0.1) is 5.92 Å². The molecule has 2 aromatic heterocycles. The van der Waals surface area contributed by atoms with Gasteiger partial charge in [-0.3, -0.25) is 9.78 Å². The molecule has 0 radical (unpaired) electrons. The average Bonchev–Trinajstić information content (AvgIpc) is 3.45. The Labute approximate surface area is 184 Å². The molecule has 3 aromatic rings. The Hall–Kier alpha value is -2.69. The van der Waals surface area contributed by atoms with Crippen LogP contribution in [-0.2, 0) is 6.54 Å². The molecule has 2 heterocycles. The summed E-state index contributed by atoms with van der Waals surface area (Å²) in [6.45, 7) is 3.08. The van der Waals surface area contributed by atoms with Crippen molar-refractivity contribution in [3.05, 3.63) is 60.2 Å². The summed E-state index contributed by atoms with van der Waals surface area (Å²) in [6.07, 6.45) is 15.1. The van der Waals surface area contributed by atoms with Crippen LogP contribution in [0.25, 0.3) is 11.0 Å². The van der Waals surface area contributed by atoms with Crippen molar-refractivity contribution in [1.29, 1.82) is 0 Å². The van der Waals surface area contributed by atoms with Gasteiger partial charge in [0.25, 0.3) is 5.91 Å². The van der Waals surface area contributed by atoms with Crippen LogP contribution in [0.4, 0.5) is 0 Å². The molecule has 5 rings (SSSR count). The van der Waals surface area contributed by atoms with Crippen LogP contribution in [-0.4, -0.2) is 37.4 Å². The molecule has 0 saturated heterocycles. The van der Waals surface area contributed by atoms with E-state index in [1.807, 2.05) is 24.5 Å². The maximum absolute atomic E-state index is 13.6. The second-order valence-corrected chi connectivity index (χ2v) is 9.51. The normalized spacial score (nSPS) is 22.1. The van der Waals surface area contributed by atoms with Crippen LogP contribution in [0.1, 0.15) is 74.2 Å². The molecule has 0 spiro atoms. The third-order valence-electron chi connectivity index (χ3n) is 7.23. The molecule has 162 valence electrons. The smallest absolute Gasteiger partial charge is 0.254 e. The lowest BCUT2D eigenvalue weighted by molar-refractivity contribution is 0.0481. The fourth-order valence-electron chi connectivity index (χ4n) is 5.61. The largest absolute Gasteiger partial charge is 0.333 e. The number of imidazole rings is 1. The number of nitrogens with zero attached hydrogens (tertiary/aromatic N) is 4. The Morgan fingerprint density at radius 1 is 1.03 bits per heavy atom. The highest BCUT2D eigenvalue weighted by Gasteiger charge is 2.35. The van der Waals surface area contributed by atoms with Crippen molar-refractivity contribution < 1.29 is 4.79 Å². The van der Waals surface area contributed by atoms with Crippen molar-refractivity contribution >= 4 is 16.9 Å². The van der Waals surface area contributed by atoms with Gasteiger partial charge in [0.2, 0.25) is 0 Å². The fraction of sp³-hybridized carbons (Fsp3) is 0.500. The zero-order chi connectivity index (χ0) is 21.2. The number of amides is 1. The van der Waals surface area contributed by atoms with E-state index in [1.54, 1.807) is 12.4 Å². The summed E-state index contributed by atoms with van der Waals surface area (Å²) >= 11 is 0. The number of pyridine rings is 1. The van der Waals surface area contributed by atoms with Gasteiger partial charge in [0.15, 0.2) is 0 Å². The molecule has 5 nitrogen and oxygen atoms in total. The number of hydrogen-bond acceptors (Lipinski definition) is 3. The lowest BCUT2D eigenvalue weighted by atomic mass is 9.85. The Morgan fingerprint density at radius 3 is 2.58 bits per heavy atom. The molecule has 0 aliphatic heterocycles. The first-order chi connectivity index (χ1) is 15.2. The van der Waals surface area contributed by atoms with Crippen LogP contribution in [0.2, 0.25) is 0 Å². The molecule has 2 atom stereocenters. The minimum Gasteiger partial charge on any atom is -0.333 e. The molecule has 1 aromatic carbocycles. The fourth-order valence-corrected chi connectivity index (χ4v) is 5.61. The van der Waals surface area contributed by atoms with Crippen LogP contribution in [0.15, 0.2) is 49.1 Å². The molecule has 2 aliphatic rings. The number of carbonyl (C=O) groups excluding carboxylic acids is 1. The quantitative estimate of drug-likeness (QED) is 0.556. The molecule has 31 heavy (non-hydrogen) atoms. The summed E-state index contributed by atoms with van der Waals surface area (Å²) < 4.78 is 2.13. The molecular weight excluding hydrogens is 384 g/mol. The van der Waals surface area contributed by atoms with Gasteiger partial charge in [-0.05, 0) is 55.4 Å². The van der Waals surface area contributed by atoms with Gasteiger partial charge in [-0.2, -0.15) is 0 Å². The summed E-state index contributed by atoms with van der Waals surface area (Å²) in [4.78, 5) is 24.5. The molecule has 2 saturated carbocycles. The second kappa shape index (κ2) is 8.81. The highest BCUT2D eigenvalue weighted by molar-refractivity contribution is 5.94. The highest BCUT2D eigenvalue weighted by atomic mass is 16.2. The van der Waals surface area contributed by atoms with Gasteiger partial charge < -0.3 is 9.47 Å². The van der Waals surface area contributed by atoms with Gasteiger partial charge in [0.1, 0.15) is 5.52 Å². The average molecular weight is 417 g/mol. The molecule has 5 heteroatoms. The van der Waals surface area contributed by atoms with Crippen molar-refractivity contribution in [3.8, 4) is 0 Å². The minimum atomic E-state index is 0.233. The summed E-state index contributed by atoms with van der Waals surface area (Å²) in [5, 5.41) is 0. The molecule has 1 amide bonds. The van der Waals surface area contributed by atoms with Crippen molar-refractivity contribution in [3.63, 3.8) is 0 Å². The first kappa shape index (κ1) is 20.2. The number of fused-ring (bicyclic) bond motifs is 1. The standard InChI is InChI=1S/C26H32N4O/c1-19-5-4-8-23(15-19)30(22-6-2-3-7-22)26(31)21-11-9-20(10-12-21)17-29-18-28-24-16-27-14-13-25(24)29/h9-14,16,18-19,22-23H,2-8,15,17H2,1H3. The molecule has 0 bridgehead atoms. The second-order valence-electron chi connectivity index (χ2n) is 9.51. The van der Waals surface area contributed by atoms with Crippen LogP contribution in [0.5, 0.6) is 0 Å². The molecule has 2 fully saturated rings. The zero-order valence-electron chi connectivity index (χ0n) is 18.4. The van der Waals surface area contributed by atoms with Crippen molar-refractivity contribution in [1.82, 2.24) is 19.4 Å². The van der Waals surface area contributed by atoms with E-state index in [0.29, 0.717) is 12.1 Å². The molecule has 0 N–H and O–H groups in total. The lowest BCUT2D eigenvalue weighted by Crippen LogP contribution is -2.48. The summed E-state index contributed by atoms with van der Waals surface area (Å²) in [6, 6.07) is 11.1. The third kappa shape index (κ3) is 4.23. The monoisotopic (exact) mass is 416 g/mol. The van der Waals surface area contributed by atoms with Gasteiger partial charge >= 0.3 is 0 Å². The Kier molecular flexibility index (Phi) is 5.75. The summed E-state index contributed by atoms with van der Waals surface area (Å²) in [5.74, 6) is 0.953. The number of benzene rings is 1. The molecule has 2 aliphatic carbocycles. The van der Waals surface area contributed by atoms with Crippen molar-refractivity contribution in [2.24, 2.45) is 5.92 Å². The van der Waals surface area contributed by atoms with Crippen molar-refractivity contribution in [2.45, 2.75) is 76.9 Å². The highest BCUT2D eigenvalue weighted by Crippen LogP contribution is 2.34. The van der Waals surface area contributed by atoms with Crippen LogP contribution < -0.4 is 0 Å². The van der Waals surface area contributed by atoms with E-state index in [-0.39, 0.29) is 5.91 Å². The van der Waals surface area contributed by atoms with E-state index >= 15 is 0 Å². The summed E-state index contributed by atoms with van der Waals surface area (Å²) in [5.41, 5.74) is 3.98. The van der Waals surface area contributed by atoms with Crippen LogP contribution >= 0.6 is 0 Å². The number of rotatable bonds is 5. The Morgan fingerprint density at radius 2 is 1.81 bits per heavy atom. The van der Waals surface area contributed by atoms with Crippen molar-refractivity contribution in [2.75, 3.05) is 0 Å². The first-order valence-corrected chi connectivity index (χ1v) is 11.9. The maximum atomic E-state index is 13.6. The number of aromatic nitrogens is 3. The van der Waals surface area contributed by atoms with Crippen LogP contribution in [0.3, 0.4) is 0 Å². The van der Waals surface area contributed by atoms with Gasteiger partial charge in [-0.15, -0.1) is 0 Å². The first-order valence-electron chi connectivity index (χ1n) is 11.9. The van der Waals surface area contributed by atoms with Gasteiger partial charge in [0, 0.05) is 30.4 Å². The molecular formula is C26H32N4O. The van der Waals surface area contributed by atoms with E-state index in [1.165, 1.54) is 31.2 Å². The minimum absolute atomic E-state index is 0.233. The lowest BCUT2D eigenvalue weighted by Gasteiger charge is -2.40. The van der Waals surface area contributed by atoms with Gasteiger partial charge in [-0.25, -0.2) is 4.98 Å². The SMILES string of the molecule is CC1CCCC(N(C(=O)c2ccc(Cn3cnc4cnccc43)cc2)C2CCCC2)C1. The number of hydrogen-bond donors (Lipinski definition) is 0. The van der Waals surface area contributed by atoms with E-state index in [9.17, 15) is 4.79 Å². The van der Waals surface area contributed by atoms with E-state index < -0.39 is 0 Å². The molecule has 2 unspecified atom stereocenters. The Balaban J connectivity index is 1.35. The van der Waals surface area contributed by atoms with E-state index in [2.05, 4.69) is 38.5 Å². The summed E-state index contributed by atoms with van der Waals surface area (Å²) in [7, 11) is 0. The third-order valence-corrected chi connectivity index (χ3v) is 7.23.